The first-order valence-corrected chi connectivity index (χ1v) is 9.63. The topological polar surface area (TPSA) is 73.9 Å². The maximum absolute atomic E-state index is 11.9. The van der Waals surface area contributed by atoms with Crippen molar-refractivity contribution in [3.05, 3.63) is 0 Å². The van der Waals surface area contributed by atoms with Crippen LogP contribution in [0.15, 0.2) is 0 Å². The summed E-state index contributed by atoms with van der Waals surface area (Å²) in [6.45, 7) is 11.8. The van der Waals surface area contributed by atoms with E-state index in [9.17, 15) is 9.59 Å². The van der Waals surface area contributed by atoms with Crippen LogP contribution >= 0.6 is 0 Å². The Hall–Kier alpha value is -1.18. The molecule has 0 spiro atoms. The summed E-state index contributed by atoms with van der Waals surface area (Å²) in [6, 6.07) is -0.390. The van der Waals surface area contributed by atoms with Crippen molar-refractivity contribution in [2.75, 3.05) is 59.0 Å². The van der Waals surface area contributed by atoms with Crippen molar-refractivity contribution in [3.8, 4) is 0 Å². The standard InChI is InChI=1S/C18H34N4O3/c1-15(2)13-19-18(24)20-17(23)14-22-7-4-16(5-8-22)3-6-21-9-11-25-12-10-21/h15-16H,3-14H2,1-2H3,(H2,19,20,23,24). The fourth-order valence-electron chi connectivity index (χ4n) is 3.33. The molecule has 2 N–H and O–H groups in total. The number of nitrogens with zero attached hydrogens (tertiary/aromatic N) is 2. The molecular weight excluding hydrogens is 320 g/mol. The Kier molecular flexibility index (Phi) is 8.64. The van der Waals surface area contributed by atoms with E-state index < -0.39 is 0 Å². The molecule has 144 valence electrons. The number of morpholine rings is 1. The molecule has 0 aromatic carbocycles. The molecule has 3 amide bonds. The number of amides is 3. The summed E-state index contributed by atoms with van der Waals surface area (Å²) in [5.41, 5.74) is 0. The average molecular weight is 354 g/mol. The maximum Gasteiger partial charge on any atom is 0.321 e. The molecule has 2 aliphatic heterocycles. The van der Waals surface area contributed by atoms with Crippen LogP contribution in [0.5, 0.6) is 0 Å². The Bertz CT molecular complexity index is 417. The van der Waals surface area contributed by atoms with Crippen LogP contribution in [0.2, 0.25) is 0 Å². The third kappa shape index (κ3) is 8.16. The van der Waals surface area contributed by atoms with Crippen LogP contribution in [0.1, 0.15) is 33.1 Å². The van der Waals surface area contributed by atoms with Crippen molar-refractivity contribution < 1.29 is 14.3 Å². The zero-order valence-electron chi connectivity index (χ0n) is 15.8. The molecule has 0 unspecified atom stereocenters. The van der Waals surface area contributed by atoms with Crippen molar-refractivity contribution in [2.24, 2.45) is 11.8 Å². The number of ether oxygens (including phenoxy) is 1. The van der Waals surface area contributed by atoms with Gasteiger partial charge in [-0.05, 0) is 50.7 Å². The predicted molar refractivity (Wildman–Crippen MR) is 97.4 cm³/mol. The lowest BCUT2D eigenvalue weighted by molar-refractivity contribution is -0.121. The molecule has 0 radical (unpaired) electrons. The summed E-state index contributed by atoms with van der Waals surface area (Å²) in [6.07, 6.45) is 3.51. The molecule has 2 saturated heterocycles. The van der Waals surface area contributed by atoms with Gasteiger partial charge in [0.25, 0.3) is 0 Å². The summed E-state index contributed by atoms with van der Waals surface area (Å²) in [5.74, 6) is 0.905. The van der Waals surface area contributed by atoms with Gasteiger partial charge in [0.2, 0.25) is 5.91 Å². The highest BCUT2D eigenvalue weighted by atomic mass is 16.5. The molecule has 2 heterocycles. The first-order chi connectivity index (χ1) is 12.0. The molecule has 0 aliphatic carbocycles. The molecule has 2 aliphatic rings. The second-order valence-corrected chi connectivity index (χ2v) is 7.61. The van der Waals surface area contributed by atoms with E-state index in [-0.39, 0.29) is 11.9 Å². The normalized spacial score (nSPS) is 20.6. The second kappa shape index (κ2) is 10.7. The maximum atomic E-state index is 11.9. The van der Waals surface area contributed by atoms with E-state index >= 15 is 0 Å². The number of carbonyl (C=O) groups is 2. The van der Waals surface area contributed by atoms with Gasteiger partial charge in [0, 0.05) is 19.6 Å². The summed E-state index contributed by atoms with van der Waals surface area (Å²) >= 11 is 0. The van der Waals surface area contributed by atoms with Crippen LogP contribution in [0, 0.1) is 11.8 Å². The SMILES string of the molecule is CC(C)CNC(=O)NC(=O)CN1CCC(CCN2CCOCC2)CC1. The molecule has 2 rings (SSSR count). The zero-order valence-corrected chi connectivity index (χ0v) is 15.8. The van der Waals surface area contributed by atoms with Crippen LogP contribution in [0.4, 0.5) is 4.79 Å². The van der Waals surface area contributed by atoms with Gasteiger partial charge >= 0.3 is 6.03 Å². The molecule has 0 aromatic heterocycles. The van der Waals surface area contributed by atoms with E-state index in [0.29, 0.717) is 19.0 Å². The number of hydrogen-bond donors (Lipinski definition) is 2. The lowest BCUT2D eigenvalue weighted by Crippen LogP contribution is -2.47. The largest absolute Gasteiger partial charge is 0.379 e. The molecule has 7 heteroatoms. The van der Waals surface area contributed by atoms with Gasteiger partial charge in [-0.25, -0.2) is 4.79 Å². The number of likely N-dealkylation sites (tertiary alicyclic amines) is 1. The summed E-state index contributed by atoms with van der Waals surface area (Å²) in [7, 11) is 0. The summed E-state index contributed by atoms with van der Waals surface area (Å²) < 4.78 is 5.38. The Morgan fingerprint density at radius 3 is 2.40 bits per heavy atom. The fraction of sp³-hybridized carbons (Fsp3) is 0.889. The molecule has 0 atom stereocenters. The number of carbonyl (C=O) groups excluding carboxylic acids is 2. The van der Waals surface area contributed by atoms with E-state index in [2.05, 4.69) is 20.4 Å². The minimum atomic E-state index is -0.390. The highest BCUT2D eigenvalue weighted by Gasteiger charge is 2.22. The van der Waals surface area contributed by atoms with Gasteiger partial charge in [0.05, 0.1) is 19.8 Å². The van der Waals surface area contributed by atoms with E-state index in [0.717, 1.165) is 64.7 Å². The minimum Gasteiger partial charge on any atom is -0.379 e. The van der Waals surface area contributed by atoms with Gasteiger partial charge in [-0.15, -0.1) is 0 Å². The Balaban J connectivity index is 1.56. The third-order valence-corrected chi connectivity index (χ3v) is 4.96. The predicted octanol–water partition coefficient (Wildman–Crippen LogP) is 0.903. The first-order valence-electron chi connectivity index (χ1n) is 9.63. The molecule has 25 heavy (non-hydrogen) atoms. The zero-order chi connectivity index (χ0) is 18.1. The van der Waals surface area contributed by atoms with Crippen LogP contribution in [-0.4, -0.2) is 80.8 Å². The van der Waals surface area contributed by atoms with Crippen molar-refractivity contribution in [1.29, 1.82) is 0 Å². The average Bonchev–Trinajstić information content (AvgIpc) is 2.60. The Morgan fingerprint density at radius 1 is 1.08 bits per heavy atom. The second-order valence-electron chi connectivity index (χ2n) is 7.61. The van der Waals surface area contributed by atoms with Crippen molar-refractivity contribution in [1.82, 2.24) is 20.4 Å². The summed E-state index contributed by atoms with van der Waals surface area (Å²) in [5, 5.41) is 5.12. The number of piperidine rings is 1. The number of hydrogen-bond acceptors (Lipinski definition) is 5. The number of urea groups is 1. The van der Waals surface area contributed by atoms with E-state index in [1.807, 2.05) is 13.8 Å². The van der Waals surface area contributed by atoms with Crippen LogP contribution in [0.3, 0.4) is 0 Å². The van der Waals surface area contributed by atoms with Gasteiger partial charge in [-0.3, -0.25) is 19.9 Å². The van der Waals surface area contributed by atoms with E-state index in [1.165, 1.54) is 6.42 Å². The quantitative estimate of drug-likeness (QED) is 0.711. The first kappa shape index (κ1) is 20.1. The highest BCUT2D eigenvalue weighted by molar-refractivity contribution is 5.95. The number of rotatable bonds is 7. The van der Waals surface area contributed by atoms with Gasteiger partial charge in [0.15, 0.2) is 0 Å². The number of imide groups is 1. The van der Waals surface area contributed by atoms with Crippen LogP contribution in [0.25, 0.3) is 0 Å². The highest BCUT2D eigenvalue weighted by Crippen LogP contribution is 2.20. The smallest absolute Gasteiger partial charge is 0.321 e. The molecular formula is C18H34N4O3. The molecule has 0 aromatic rings. The monoisotopic (exact) mass is 354 g/mol. The minimum absolute atomic E-state index is 0.215. The summed E-state index contributed by atoms with van der Waals surface area (Å²) in [4.78, 5) is 28.2. The van der Waals surface area contributed by atoms with Gasteiger partial charge < -0.3 is 10.1 Å². The third-order valence-electron chi connectivity index (χ3n) is 4.96. The molecule has 0 bridgehead atoms. The van der Waals surface area contributed by atoms with Gasteiger partial charge in [0.1, 0.15) is 0 Å². The lowest BCUT2D eigenvalue weighted by atomic mass is 9.93. The van der Waals surface area contributed by atoms with Crippen molar-refractivity contribution in [2.45, 2.75) is 33.1 Å². The van der Waals surface area contributed by atoms with E-state index in [4.69, 9.17) is 4.74 Å². The van der Waals surface area contributed by atoms with Crippen LogP contribution < -0.4 is 10.6 Å². The van der Waals surface area contributed by atoms with Crippen molar-refractivity contribution in [3.63, 3.8) is 0 Å². The lowest BCUT2D eigenvalue weighted by Gasteiger charge is -2.33. The molecule has 0 saturated carbocycles. The van der Waals surface area contributed by atoms with Crippen molar-refractivity contribution >= 4 is 11.9 Å². The fourth-order valence-corrected chi connectivity index (χ4v) is 3.33. The van der Waals surface area contributed by atoms with Gasteiger partial charge in [-0.1, -0.05) is 13.8 Å². The van der Waals surface area contributed by atoms with E-state index in [1.54, 1.807) is 0 Å². The Labute approximate surface area is 151 Å². The molecule has 7 nitrogen and oxygen atoms in total. The van der Waals surface area contributed by atoms with Gasteiger partial charge in [-0.2, -0.15) is 0 Å². The Morgan fingerprint density at radius 2 is 1.76 bits per heavy atom. The molecule has 2 fully saturated rings. The number of nitrogens with one attached hydrogen (secondary N) is 2. The van der Waals surface area contributed by atoms with Crippen LogP contribution in [-0.2, 0) is 9.53 Å².